The number of nitrogens with zero attached hydrogens (tertiary/aromatic N) is 1. The Morgan fingerprint density at radius 3 is 2.84 bits per heavy atom. The quantitative estimate of drug-likeness (QED) is 0.911. The topological polar surface area (TPSA) is 34.2 Å². The SMILES string of the molecule is Cc1nc(CNCc2ccccc2)cc2c1COC2. The van der Waals surface area contributed by atoms with Gasteiger partial charge in [0.15, 0.2) is 0 Å². The van der Waals surface area contributed by atoms with Crippen molar-refractivity contribution in [2.45, 2.75) is 33.2 Å². The standard InChI is InChI=1S/C16H18N2O/c1-12-16-11-19-10-14(16)7-15(18-12)9-17-8-13-5-3-2-4-6-13/h2-7,17H,8-11H2,1H3. The van der Waals surface area contributed by atoms with Crippen LogP contribution in [0.1, 0.15) is 28.1 Å². The molecular weight excluding hydrogens is 236 g/mol. The highest BCUT2D eigenvalue weighted by Gasteiger charge is 2.15. The fourth-order valence-corrected chi connectivity index (χ4v) is 2.45. The summed E-state index contributed by atoms with van der Waals surface area (Å²) in [5.74, 6) is 0. The molecule has 2 aromatic rings. The van der Waals surface area contributed by atoms with E-state index in [-0.39, 0.29) is 0 Å². The first-order valence-corrected chi connectivity index (χ1v) is 6.63. The molecule has 19 heavy (non-hydrogen) atoms. The monoisotopic (exact) mass is 254 g/mol. The van der Waals surface area contributed by atoms with Crippen LogP contribution in [-0.4, -0.2) is 4.98 Å². The molecule has 0 aliphatic carbocycles. The third-order valence-electron chi connectivity index (χ3n) is 3.46. The van der Waals surface area contributed by atoms with Crippen molar-refractivity contribution in [3.05, 3.63) is 64.5 Å². The van der Waals surface area contributed by atoms with Crippen molar-refractivity contribution >= 4 is 0 Å². The van der Waals surface area contributed by atoms with Crippen molar-refractivity contribution in [2.24, 2.45) is 0 Å². The van der Waals surface area contributed by atoms with E-state index < -0.39 is 0 Å². The number of benzene rings is 1. The predicted octanol–water partition coefficient (Wildman–Crippen LogP) is 2.71. The molecule has 3 nitrogen and oxygen atoms in total. The minimum absolute atomic E-state index is 0.714. The van der Waals surface area contributed by atoms with E-state index >= 15 is 0 Å². The average Bonchev–Trinajstić information content (AvgIpc) is 2.89. The van der Waals surface area contributed by atoms with Gasteiger partial charge in [-0.15, -0.1) is 0 Å². The number of aryl methyl sites for hydroxylation is 1. The molecule has 0 saturated heterocycles. The lowest BCUT2D eigenvalue weighted by Crippen LogP contribution is -2.14. The van der Waals surface area contributed by atoms with Gasteiger partial charge in [0.05, 0.1) is 18.9 Å². The van der Waals surface area contributed by atoms with Crippen LogP contribution in [0.3, 0.4) is 0 Å². The molecule has 0 atom stereocenters. The molecule has 1 N–H and O–H groups in total. The zero-order valence-corrected chi connectivity index (χ0v) is 11.1. The van der Waals surface area contributed by atoms with Gasteiger partial charge in [-0.05, 0) is 24.1 Å². The summed E-state index contributed by atoms with van der Waals surface area (Å²) < 4.78 is 5.46. The Morgan fingerprint density at radius 1 is 1.16 bits per heavy atom. The number of fused-ring (bicyclic) bond motifs is 1. The first-order chi connectivity index (χ1) is 9.33. The second-order valence-electron chi connectivity index (χ2n) is 4.92. The smallest absolute Gasteiger partial charge is 0.0742 e. The van der Waals surface area contributed by atoms with Gasteiger partial charge in [0.1, 0.15) is 0 Å². The third kappa shape index (κ3) is 2.83. The highest BCUT2D eigenvalue weighted by molar-refractivity contribution is 5.33. The van der Waals surface area contributed by atoms with Crippen LogP contribution in [0.15, 0.2) is 36.4 Å². The van der Waals surface area contributed by atoms with Gasteiger partial charge in [-0.1, -0.05) is 30.3 Å². The molecule has 0 fully saturated rings. The second kappa shape index (κ2) is 5.51. The van der Waals surface area contributed by atoms with E-state index in [4.69, 9.17) is 4.74 Å². The van der Waals surface area contributed by atoms with E-state index in [0.29, 0.717) is 6.61 Å². The molecule has 0 bridgehead atoms. The fraction of sp³-hybridized carbons (Fsp3) is 0.312. The molecule has 3 rings (SSSR count). The number of hydrogen-bond donors (Lipinski definition) is 1. The molecule has 3 heteroatoms. The van der Waals surface area contributed by atoms with Gasteiger partial charge in [0.2, 0.25) is 0 Å². The lowest BCUT2D eigenvalue weighted by atomic mass is 10.1. The summed E-state index contributed by atoms with van der Waals surface area (Å²) >= 11 is 0. The maximum atomic E-state index is 5.46. The van der Waals surface area contributed by atoms with Gasteiger partial charge < -0.3 is 10.1 Å². The van der Waals surface area contributed by atoms with Crippen LogP contribution in [0.5, 0.6) is 0 Å². The summed E-state index contributed by atoms with van der Waals surface area (Å²) in [6, 6.07) is 12.6. The minimum Gasteiger partial charge on any atom is -0.372 e. The summed E-state index contributed by atoms with van der Waals surface area (Å²) in [7, 11) is 0. The van der Waals surface area contributed by atoms with Gasteiger partial charge in [-0.25, -0.2) is 0 Å². The first kappa shape index (κ1) is 12.3. The normalized spacial score (nSPS) is 13.5. The molecule has 0 unspecified atom stereocenters. The van der Waals surface area contributed by atoms with Crippen LogP contribution in [0.25, 0.3) is 0 Å². The Bertz CT molecular complexity index is 566. The van der Waals surface area contributed by atoms with Crippen LogP contribution in [0.4, 0.5) is 0 Å². The van der Waals surface area contributed by atoms with Crippen molar-refractivity contribution in [3.63, 3.8) is 0 Å². The molecule has 1 aromatic heterocycles. The van der Waals surface area contributed by atoms with Gasteiger partial charge in [0, 0.05) is 24.3 Å². The van der Waals surface area contributed by atoms with Crippen molar-refractivity contribution < 1.29 is 4.74 Å². The summed E-state index contributed by atoms with van der Waals surface area (Å²) in [6.45, 7) is 5.17. The lowest BCUT2D eigenvalue weighted by Gasteiger charge is -2.08. The van der Waals surface area contributed by atoms with Crippen LogP contribution in [0, 0.1) is 6.92 Å². The highest BCUT2D eigenvalue weighted by atomic mass is 16.5. The third-order valence-corrected chi connectivity index (χ3v) is 3.46. The Balaban J connectivity index is 1.63. The molecule has 1 aliphatic rings. The Kier molecular flexibility index (Phi) is 3.58. The number of pyridine rings is 1. The van der Waals surface area contributed by atoms with Crippen LogP contribution in [-0.2, 0) is 31.0 Å². The van der Waals surface area contributed by atoms with E-state index in [2.05, 4.69) is 47.6 Å². The van der Waals surface area contributed by atoms with E-state index in [1.165, 1.54) is 16.7 Å². The molecule has 1 aromatic carbocycles. The van der Waals surface area contributed by atoms with E-state index in [1.54, 1.807) is 0 Å². The zero-order valence-electron chi connectivity index (χ0n) is 11.1. The number of ether oxygens (including phenoxy) is 1. The van der Waals surface area contributed by atoms with Crippen LogP contribution < -0.4 is 5.32 Å². The number of aromatic nitrogens is 1. The van der Waals surface area contributed by atoms with Gasteiger partial charge in [-0.2, -0.15) is 0 Å². The molecular formula is C16H18N2O. The molecule has 2 heterocycles. The van der Waals surface area contributed by atoms with Crippen molar-refractivity contribution in [3.8, 4) is 0 Å². The lowest BCUT2D eigenvalue weighted by molar-refractivity contribution is 0.134. The van der Waals surface area contributed by atoms with Crippen molar-refractivity contribution in [1.82, 2.24) is 10.3 Å². The maximum absolute atomic E-state index is 5.46. The number of rotatable bonds is 4. The van der Waals surface area contributed by atoms with E-state index in [0.717, 1.165) is 31.1 Å². The van der Waals surface area contributed by atoms with E-state index in [9.17, 15) is 0 Å². The largest absolute Gasteiger partial charge is 0.372 e. The summed E-state index contributed by atoms with van der Waals surface area (Å²) in [4.78, 5) is 4.63. The molecule has 0 saturated carbocycles. The number of hydrogen-bond acceptors (Lipinski definition) is 3. The van der Waals surface area contributed by atoms with Crippen molar-refractivity contribution in [1.29, 1.82) is 0 Å². The maximum Gasteiger partial charge on any atom is 0.0742 e. The average molecular weight is 254 g/mol. The Morgan fingerprint density at radius 2 is 2.00 bits per heavy atom. The first-order valence-electron chi connectivity index (χ1n) is 6.63. The predicted molar refractivity (Wildman–Crippen MR) is 74.5 cm³/mol. The second-order valence-corrected chi connectivity index (χ2v) is 4.92. The molecule has 98 valence electrons. The van der Waals surface area contributed by atoms with Crippen molar-refractivity contribution in [2.75, 3.05) is 0 Å². The van der Waals surface area contributed by atoms with Gasteiger partial charge in [0.25, 0.3) is 0 Å². The zero-order chi connectivity index (χ0) is 13.1. The Hall–Kier alpha value is -1.71. The summed E-state index contributed by atoms with van der Waals surface area (Å²) in [5, 5.41) is 3.43. The summed E-state index contributed by atoms with van der Waals surface area (Å²) in [5.41, 5.74) is 6.06. The van der Waals surface area contributed by atoms with Gasteiger partial charge >= 0.3 is 0 Å². The molecule has 0 spiro atoms. The Labute approximate surface area is 113 Å². The van der Waals surface area contributed by atoms with Gasteiger partial charge in [-0.3, -0.25) is 4.98 Å². The summed E-state index contributed by atoms with van der Waals surface area (Å²) in [6.07, 6.45) is 0. The molecule has 0 radical (unpaired) electrons. The van der Waals surface area contributed by atoms with E-state index in [1.807, 2.05) is 6.07 Å². The molecule has 1 aliphatic heterocycles. The van der Waals surface area contributed by atoms with Crippen LogP contribution in [0.2, 0.25) is 0 Å². The number of nitrogens with one attached hydrogen (secondary N) is 1. The molecule has 0 amide bonds. The van der Waals surface area contributed by atoms with Crippen LogP contribution >= 0.6 is 0 Å². The fourth-order valence-electron chi connectivity index (χ4n) is 2.45. The highest BCUT2D eigenvalue weighted by Crippen LogP contribution is 2.22. The minimum atomic E-state index is 0.714.